The summed E-state index contributed by atoms with van der Waals surface area (Å²) >= 11 is 12.4. The van der Waals surface area contributed by atoms with E-state index in [1.54, 1.807) is 47.4 Å². The Kier molecular flexibility index (Phi) is 9.51. The van der Waals surface area contributed by atoms with Crippen molar-refractivity contribution >= 4 is 46.8 Å². The maximum Gasteiger partial charge on any atom is 0.261 e. The molecule has 0 radical (unpaired) electrons. The first-order valence-corrected chi connectivity index (χ1v) is 14.2. The number of imide groups is 1. The molecule has 41 heavy (non-hydrogen) atoms. The van der Waals surface area contributed by atoms with Gasteiger partial charge in [-0.2, -0.15) is 0 Å². The Morgan fingerprint density at radius 2 is 1.46 bits per heavy atom. The van der Waals surface area contributed by atoms with Crippen molar-refractivity contribution in [1.82, 2.24) is 15.1 Å². The number of nitrogens with zero attached hydrogens (tertiary/aromatic N) is 2. The third-order valence-electron chi connectivity index (χ3n) is 6.76. The maximum atomic E-state index is 13.9. The van der Waals surface area contributed by atoms with Crippen LogP contribution in [-0.4, -0.2) is 51.6 Å². The monoisotopic (exact) mass is 593 g/mol. The SMILES string of the molecule is CC(C)(C)NC(=O)C(Cc1ccccc1)N(Cc1ccc(Cl)c(Cl)c1)C(=O)CCCN1C(=O)c2ccccc2C1=O. The molecule has 0 bridgehead atoms. The van der Waals surface area contributed by atoms with E-state index in [0.717, 1.165) is 11.1 Å². The number of rotatable bonds is 10. The van der Waals surface area contributed by atoms with Crippen LogP contribution in [0.2, 0.25) is 10.0 Å². The zero-order valence-corrected chi connectivity index (χ0v) is 24.8. The normalized spacial score (nSPS) is 13.6. The molecule has 0 saturated carbocycles. The Morgan fingerprint density at radius 1 is 0.854 bits per heavy atom. The van der Waals surface area contributed by atoms with Gasteiger partial charge in [0.2, 0.25) is 11.8 Å². The van der Waals surface area contributed by atoms with E-state index in [1.165, 1.54) is 4.90 Å². The van der Waals surface area contributed by atoms with Crippen molar-refractivity contribution in [3.05, 3.63) is 105 Å². The van der Waals surface area contributed by atoms with E-state index in [2.05, 4.69) is 5.32 Å². The number of benzene rings is 3. The summed E-state index contributed by atoms with van der Waals surface area (Å²) in [6.07, 6.45) is 0.582. The number of hydrogen-bond acceptors (Lipinski definition) is 4. The lowest BCUT2D eigenvalue weighted by atomic mass is 10.00. The fraction of sp³-hybridized carbons (Fsp3) is 0.312. The van der Waals surface area contributed by atoms with E-state index in [1.807, 2.05) is 51.1 Å². The summed E-state index contributed by atoms with van der Waals surface area (Å²) in [5.74, 6) is -1.29. The molecule has 0 spiro atoms. The van der Waals surface area contributed by atoms with Crippen LogP contribution in [-0.2, 0) is 22.6 Å². The molecule has 7 nitrogen and oxygen atoms in total. The van der Waals surface area contributed by atoms with Gasteiger partial charge in [-0.1, -0.05) is 71.7 Å². The van der Waals surface area contributed by atoms with Crippen molar-refractivity contribution in [2.24, 2.45) is 0 Å². The standard InChI is InChI=1S/C32H33Cl2N3O4/c1-32(2,3)35-29(39)27(19-21-10-5-4-6-11-21)37(20-22-15-16-25(33)26(34)18-22)28(38)14-9-17-36-30(40)23-12-7-8-13-24(23)31(36)41/h4-8,10-13,15-16,18,27H,9,14,17,19-20H2,1-3H3,(H,35,39). The van der Waals surface area contributed by atoms with Crippen LogP contribution in [0, 0.1) is 0 Å². The molecule has 1 heterocycles. The summed E-state index contributed by atoms with van der Waals surface area (Å²) in [6, 6.07) is 20.5. The smallest absolute Gasteiger partial charge is 0.261 e. The van der Waals surface area contributed by atoms with Crippen molar-refractivity contribution in [2.45, 2.75) is 58.2 Å². The zero-order valence-electron chi connectivity index (χ0n) is 23.3. The van der Waals surface area contributed by atoms with Crippen LogP contribution in [0.25, 0.3) is 0 Å². The van der Waals surface area contributed by atoms with Crippen molar-refractivity contribution in [1.29, 1.82) is 0 Å². The first-order chi connectivity index (χ1) is 19.4. The minimum atomic E-state index is -0.821. The van der Waals surface area contributed by atoms with Gasteiger partial charge in [-0.05, 0) is 62.6 Å². The molecule has 9 heteroatoms. The van der Waals surface area contributed by atoms with Crippen LogP contribution in [0.3, 0.4) is 0 Å². The highest BCUT2D eigenvalue weighted by atomic mass is 35.5. The second-order valence-corrected chi connectivity index (χ2v) is 11.9. The van der Waals surface area contributed by atoms with Crippen molar-refractivity contribution < 1.29 is 19.2 Å². The van der Waals surface area contributed by atoms with Gasteiger partial charge in [-0.15, -0.1) is 0 Å². The molecule has 1 aliphatic rings. The summed E-state index contributed by atoms with van der Waals surface area (Å²) in [7, 11) is 0. The third-order valence-corrected chi connectivity index (χ3v) is 7.50. The van der Waals surface area contributed by atoms with E-state index in [4.69, 9.17) is 23.2 Å². The molecule has 3 aromatic rings. The number of hydrogen-bond donors (Lipinski definition) is 1. The summed E-state index contributed by atoms with van der Waals surface area (Å²) < 4.78 is 0. The molecule has 1 aliphatic heterocycles. The summed E-state index contributed by atoms with van der Waals surface area (Å²) in [4.78, 5) is 55.8. The predicted octanol–water partition coefficient (Wildman–Crippen LogP) is 5.92. The molecule has 4 amide bonds. The number of halogens is 2. The van der Waals surface area contributed by atoms with Crippen LogP contribution in [0.1, 0.15) is 65.5 Å². The number of carbonyl (C=O) groups excluding carboxylic acids is 4. The van der Waals surface area contributed by atoms with E-state index < -0.39 is 11.6 Å². The molecule has 0 fully saturated rings. The van der Waals surface area contributed by atoms with Gasteiger partial charge in [-0.3, -0.25) is 24.1 Å². The number of amides is 4. The van der Waals surface area contributed by atoms with Crippen LogP contribution < -0.4 is 5.32 Å². The lowest BCUT2D eigenvalue weighted by molar-refractivity contribution is -0.142. The highest BCUT2D eigenvalue weighted by Crippen LogP contribution is 2.26. The Balaban J connectivity index is 1.58. The maximum absolute atomic E-state index is 13.9. The molecule has 1 N–H and O–H groups in total. The molecule has 1 atom stereocenters. The third kappa shape index (κ3) is 7.54. The van der Waals surface area contributed by atoms with Crippen LogP contribution in [0.15, 0.2) is 72.8 Å². The van der Waals surface area contributed by atoms with Crippen LogP contribution >= 0.6 is 23.2 Å². The second-order valence-electron chi connectivity index (χ2n) is 11.1. The minimum Gasteiger partial charge on any atom is -0.350 e. The number of carbonyl (C=O) groups is 4. The highest BCUT2D eigenvalue weighted by Gasteiger charge is 2.36. The molecule has 0 saturated heterocycles. The minimum absolute atomic E-state index is 0.0306. The lowest BCUT2D eigenvalue weighted by Crippen LogP contribution is -2.54. The average molecular weight is 595 g/mol. The topological polar surface area (TPSA) is 86.8 Å². The molecule has 214 valence electrons. The quantitative estimate of drug-likeness (QED) is 0.295. The highest BCUT2D eigenvalue weighted by molar-refractivity contribution is 6.42. The van der Waals surface area contributed by atoms with Gasteiger partial charge >= 0.3 is 0 Å². The number of nitrogens with one attached hydrogen (secondary N) is 1. The second kappa shape index (κ2) is 12.9. The van der Waals surface area contributed by atoms with Gasteiger partial charge in [0.1, 0.15) is 6.04 Å². The summed E-state index contributed by atoms with van der Waals surface area (Å²) in [5, 5.41) is 3.76. The Hall–Kier alpha value is -3.68. The van der Waals surface area contributed by atoms with Crippen molar-refractivity contribution in [2.75, 3.05) is 6.54 Å². The predicted molar refractivity (Wildman–Crippen MR) is 160 cm³/mol. The van der Waals surface area contributed by atoms with Crippen LogP contribution in [0.4, 0.5) is 0 Å². The molecular formula is C32H33Cl2N3O4. The first kappa shape index (κ1) is 30.3. The fourth-order valence-corrected chi connectivity index (χ4v) is 5.14. The van der Waals surface area contributed by atoms with Gasteiger partial charge in [0.25, 0.3) is 11.8 Å². The lowest BCUT2D eigenvalue weighted by Gasteiger charge is -2.34. The molecule has 4 rings (SSSR count). The van der Waals surface area contributed by atoms with E-state index in [0.29, 0.717) is 27.6 Å². The van der Waals surface area contributed by atoms with Gasteiger partial charge in [0.05, 0.1) is 21.2 Å². The summed E-state index contributed by atoms with van der Waals surface area (Å²) in [6.45, 7) is 5.88. The zero-order chi connectivity index (χ0) is 29.7. The molecule has 1 unspecified atom stereocenters. The molecule has 0 aliphatic carbocycles. The van der Waals surface area contributed by atoms with Gasteiger partial charge < -0.3 is 10.2 Å². The largest absolute Gasteiger partial charge is 0.350 e. The molecule has 3 aromatic carbocycles. The van der Waals surface area contributed by atoms with E-state index >= 15 is 0 Å². The Labute approximate surface area is 250 Å². The van der Waals surface area contributed by atoms with E-state index in [-0.39, 0.29) is 49.6 Å². The van der Waals surface area contributed by atoms with Crippen molar-refractivity contribution in [3.8, 4) is 0 Å². The van der Waals surface area contributed by atoms with Crippen molar-refractivity contribution in [3.63, 3.8) is 0 Å². The Morgan fingerprint density at radius 3 is 2.05 bits per heavy atom. The van der Waals surface area contributed by atoms with Gasteiger partial charge in [-0.25, -0.2) is 0 Å². The Bertz CT molecular complexity index is 1420. The first-order valence-electron chi connectivity index (χ1n) is 13.5. The fourth-order valence-electron chi connectivity index (χ4n) is 4.82. The summed E-state index contributed by atoms with van der Waals surface area (Å²) in [5.41, 5.74) is 1.84. The van der Waals surface area contributed by atoms with Crippen LogP contribution in [0.5, 0.6) is 0 Å². The van der Waals surface area contributed by atoms with Gasteiger partial charge in [0.15, 0.2) is 0 Å². The van der Waals surface area contributed by atoms with E-state index in [9.17, 15) is 19.2 Å². The molecule has 0 aromatic heterocycles. The molecular weight excluding hydrogens is 561 g/mol. The number of fused-ring (bicyclic) bond motifs is 1. The average Bonchev–Trinajstić information content (AvgIpc) is 3.17. The van der Waals surface area contributed by atoms with Gasteiger partial charge in [0, 0.05) is 31.5 Å².